The van der Waals surface area contributed by atoms with Crippen molar-refractivity contribution in [1.29, 1.82) is 0 Å². The molecule has 1 heterocycles. The van der Waals surface area contributed by atoms with Crippen LogP contribution in [0.4, 0.5) is 8.78 Å². The van der Waals surface area contributed by atoms with Gasteiger partial charge in [-0.1, -0.05) is 26.0 Å². The molecule has 1 aromatic heterocycles. The fraction of sp³-hybridized carbons (Fsp3) is 0.333. The molecular formula is C15H16F2N2OS. The Morgan fingerprint density at radius 3 is 2.57 bits per heavy atom. The lowest BCUT2D eigenvalue weighted by Crippen LogP contribution is -2.30. The van der Waals surface area contributed by atoms with Gasteiger partial charge in [0.2, 0.25) is 0 Å². The van der Waals surface area contributed by atoms with Crippen LogP contribution in [-0.2, 0) is 0 Å². The number of thiazole rings is 1. The lowest BCUT2D eigenvalue weighted by atomic mass is 10.1. The number of alkyl halides is 1. The second-order valence-electron chi connectivity index (χ2n) is 4.95. The van der Waals surface area contributed by atoms with Gasteiger partial charge in [0.15, 0.2) is 0 Å². The first kappa shape index (κ1) is 15.6. The zero-order valence-corrected chi connectivity index (χ0v) is 12.6. The van der Waals surface area contributed by atoms with Crippen LogP contribution in [0, 0.1) is 5.82 Å². The second kappa shape index (κ2) is 6.76. The number of benzene rings is 1. The van der Waals surface area contributed by atoms with E-state index in [0.717, 1.165) is 0 Å². The summed E-state index contributed by atoms with van der Waals surface area (Å²) in [4.78, 5) is 16.9. The summed E-state index contributed by atoms with van der Waals surface area (Å²) in [6.07, 6.45) is 0. The quantitative estimate of drug-likeness (QED) is 0.911. The number of halogens is 2. The Morgan fingerprint density at radius 1 is 1.33 bits per heavy atom. The van der Waals surface area contributed by atoms with Crippen molar-refractivity contribution < 1.29 is 13.6 Å². The SMILES string of the molecule is CC(C)c1ncsc1C(=O)NC(CF)c1ccc(F)cc1. The summed E-state index contributed by atoms with van der Waals surface area (Å²) in [5.41, 5.74) is 2.84. The first-order chi connectivity index (χ1) is 10.0. The minimum atomic E-state index is -0.791. The van der Waals surface area contributed by atoms with E-state index in [9.17, 15) is 13.6 Å². The number of hydrogen-bond donors (Lipinski definition) is 1. The van der Waals surface area contributed by atoms with Crippen molar-refractivity contribution in [1.82, 2.24) is 10.3 Å². The number of amides is 1. The van der Waals surface area contributed by atoms with Crippen LogP contribution in [0.5, 0.6) is 0 Å². The van der Waals surface area contributed by atoms with Gasteiger partial charge in [-0.25, -0.2) is 13.8 Å². The molecule has 1 aromatic carbocycles. The number of hydrogen-bond acceptors (Lipinski definition) is 3. The van der Waals surface area contributed by atoms with Gasteiger partial charge < -0.3 is 5.32 Å². The molecule has 1 amide bonds. The van der Waals surface area contributed by atoms with Gasteiger partial charge in [0.25, 0.3) is 5.91 Å². The first-order valence-corrected chi connectivity index (χ1v) is 7.46. The number of nitrogens with one attached hydrogen (secondary N) is 1. The number of nitrogens with zero attached hydrogens (tertiary/aromatic N) is 1. The summed E-state index contributed by atoms with van der Waals surface area (Å²) in [5.74, 6) is -0.632. The van der Waals surface area contributed by atoms with Crippen molar-refractivity contribution in [2.75, 3.05) is 6.67 Å². The average molecular weight is 310 g/mol. The molecular weight excluding hydrogens is 294 g/mol. The van der Waals surface area contributed by atoms with Crippen LogP contribution in [0.15, 0.2) is 29.8 Å². The van der Waals surface area contributed by atoms with Gasteiger partial charge in [-0.3, -0.25) is 4.79 Å². The molecule has 2 aromatic rings. The lowest BCUT2D eigenvalue weighted by molar-refractivity contribution is 0.0932. The molecule has 1 atom stereocenters. The molecule has 1 unspecified atom stereocenters. The number of carbonyl (C=O) groups excluding carboxylic acids is 1. The van der Waals surface area contributed by atoms with Crippen molar-refractivity contribution >= 4 is 17.2 Å². The second-order valence-corrected chi connectivity index (χ2v) is 5.81. The lowest BCUT2D eigenvalue weighted by Gasteiger charge is -2.16. The molecule has 3 nitrogen and oxygen atoms in total. The Labute approximate surface area is 126 Å². The van der Waals surface area contributed by atoms with E-state index in [1.807, 2.05) is 13.8 Å². The van der Waals surface area contributed by atoms with Crippen LogP contribution in [0.2, 0.25) is 0 Å². The topological polar surface area (TPSA) is 42.0 Å². The van der Waals surface area contributed by atoms with E-state index in [1.54, 1.807) is 5.51 Å². The maximum Gasteiger partial charge on any atom is 0.263 e. The van der Waals surface area contributed by atoms with Crippen LogP contribution in [-0.4, -0.2) is 17.6 Å². The Kier molecular flexibility index (Phi) is 5.01. The smallest absolute Gasteiger partial charge is 0.263 e. The Bertz CT molecular complexity index is 610. The van der Waals surface area contributed by atoms with E-state index in [4.69, 9.17) is 0 Å². The summed E-state index contributed by atoms with van der Waals surface area (Å²) in [6.45, 7) is 3.13. The van der Waals surface area contributed by atoms with Gasteiger partial charge >= 0.3 is 0 Å². The largest absolute Gasteiger partial charge is 0.342 e. The van der Waals surface area contributed by atoms with Gasteiger partial charge in [-0.05, 0) is 23.6 Å². The minimum Gasteiger partial charge on any atom is -0.342 e. The molecule has 112 valence electrons. The fourth-order valence-corrected chi connectivity index (χ4v) is 2.81. The molecule has 21 heavy (non-hydrogen) atoms. The molecule has 6 heteroatoms. The zero-order valence-electron chi connectivity index (χ0n) is 11.8. The van der Waals surface area contributed by atoms with Crippen LogP contribution < -0.4 is 5.32 Å². The Hall–Kier alpha value is -1.82. The predicted molar refractivity (Wildman–Crippen MR) is 78.8 cm³/mol. The highest BCUT2D eigenvalue weighted by Crippen LogP contribution is 2.23. The highest BCUT2D eigenvalue weighted by Gasteiger charge is 2.21. The van der Waals surface area contributed by atoms with E-state index < -0.39 is 18.5 Å². The van der Waals surface area contributed by atoms with Crippen molar-refractivity contribution in [3.05, 3.63) is 51.7 Å². The van der Waals surface area contributed by atoms with E-state index in [2.05, 4.69) is 10.3 Å². The number of aromatic nitrogens is 1. The van der Waals surface area contributed by atoms with Crippen LogP contribution in [0.3, 0.4) is 0 Å². The van der Waals surface area contributed by atoms with Gasteiger partial charge in [0.05, 0.1) is 17.2 Å². The molecule has 0 radical (unpaired) electrons. The van der Waals surface area contributed by atoms with Gasteiger partial charge in [0.1, 0.15) is 17.4 Å². The molecule has 2 rings (SSSR count). The third kappa shape index (κ3) is 3.64. The molecule has 0 aliphatic heterocycles. The highest BCUT2D eigenvalue weighted by atomic mass is 32.1. The van der Waals surface area contributed by atoms with E-state index in [1.165, 1.54) is 35.6 Å². The molecule has 0 aliphatic rings. The van der Waals surface area contributed by atoms with E-state index in [0.29, 0.717) is 16.1 Å². The summed E-state index contributed by atoms with van der Waals surface area (Å²) < 4.78 is 26.1. The minimum absolute atomic E-state index is 0.117. The van der Waals surface area contributed by atoms with Crippen LogP contribution in [0.1, 0.15) is 46.7 Å². The van der Waals surface area contributed by atoms with Crippen molar-refractivity contribution in [2.45, 2.75) is 25.8 Å². The summed E-state index contributed by atoms with van der Waals surface area (Å²) >= 11 is 1.23. The van der Waals surface area contributed by atoms with E-state index in [-0.39, 0.29) is 11.8 Å². The average Bonchev–Trinajstić information content (AvgIpc) is 2.95. The normalized spacial score (nSPS) is 12.4. The van der Waals surface area contributed by atoms with Gasteiger partial charge in [-0.2, -0.15) is 0 Å². The molecule has 0 spiro atoms. The Morgan fingerprint density at radius 2 is 2.00 bits per heavy atom. The number of rotatable bonds is 5. The first-order valence-electron chi connectivity index (χ1n) is 6.58. The van der Waals surface area contributed by atoms with Crippen molar-refractivity contribution in [3.63, 3.8) is 0 Å². The maximum atomic E-state index is 13.2. The van der Waals surface area contributed by atoms with E-state index >= 15 is 0 Å². The predicted octanol–water partition coefficient (Wildman–Crippen LogP) is 3.85. The van der Waals surface area contributed by atoms with Crippen molar-refractivity contribution in [2.24, 2.45) is 0 Å². The molecule has 0 fully saturated rings. The Balaban J connectivity index is 2.16. The fourth-order valence-electron chi connectivity index (χ4n) is 1.97. The van der Waals surface area contributed by atoms with Crippen molar-refractivity contribution in [3.8, 4) is 0 Å². The monoisotopic (exact) mass is 310 g/mol. The molecule has 0 bridgehead atoms. The van der Waals surface area contributed by atoms with Crippen LogP contribution >= 0.6 is 11.3 Å². The molecule has 0 saturated heterocycles. The maximum absolute atomic E-state index is 13.2. The summed E-state index contributed by atoms with van der Waals surface area (Å²) in [5, 5.41) is 2.63. The van der Waals surface area contributed by atoms with Gasteiger partial charge in [0, 0.05) is 0 Å². The van der Waals surface area contributed by atoms with Crippen LogP contribution in [0.25, 0.3) is 0 Å². The summed E-state index contributed by atoms with van der Waals surface area (Å²) in [7, 11) is 0. The third-order valence-electron chi connectivity index (χ3n) is 3.08. The standard InChI is InChI=1S/C15H16F2N2OS/c1-9(2)13-14(21-8-18-13)15(20)19-12(7-16)10-3-5-11(17)6-4-10/h3-6,8-9,12H,7H2,1-2H3,(H,19,20). The zero-order chi connectivity index (χ0) is 15.4. The highest BCUT2D eigenvalue weighted by molar-refractivity contribution is 7.11. The molecule has 1 N–H and O–H groups in total. The number of carbonyl (C=O) groups is 1. The molecule has 0 aliphatic carbocycles. The van der Waals surface area contributed by atoms with Gasteiger partial charge in [-0.15, -0.1) is 11.3 Å². The third-order valence-corrected chi connectivity index (χ3v) is 3.92. The molecule has 0 saturated carbocycles. The summed E-state index contributed by atoms with van der Waals surface area (Å²) in [6, 6.07) is 4.64.